The topological polar surface area (TPSA) is 38.1 Å². The summed E-state index contributed by atoms with van der Waals surface area (Å²) in [4.78, 5) is 4.32. The molecule has 2 rings (SSSR count). The molecule has 20 heavy (non-hydrogen) atoms. The summed E-state index contributed by atoms with van der Waals surface area (Å²) in [6, 6.07) is 8.51. The van der Waals surface area contributed by atoms with Gasteiger partial charge in [-0.3, -0.25) is 0 Å². The average Bonchev–Trinajstić information content (AvgIpc) is 2.85. The smallest absolute Gasteiger partial charge is 0.181 e. The number of hydrogen-bond acceptors (Lipinski definition) is 3. The molecule has 0 aliphatic heterocycles. The van der Waals surface area contributed by atoms with Gasteiger partial charge in [0.1, 0.15) is 5.76 Å². The highest BCUT2D eigenvalue weighted by atomic mass is 16.3. The number of rotatable bonds is 7. The van der Waals surface area contributed by atoms with Crippen LogP contribution >= 0.6 is 0 Å². The molecule has 2 aromatic rings. The third-order valence-electron chi connectivity index (χ3n) is 3.45. The summed E-state index contributed by atoms with van der Waals surface area (Å²) < 4.78 is 5.53. The summed E-state index contributed by atoms with van der Waals surface area (Å²) in [5.41, 5.74) is 3.76. The fourth-order valence-electron chi connectivity index (χ4n) is 2.26. The Morgan fingerprint density at radius 2 is 2.00 bits per heavy atom. The molecule has 0 amide bonds. The second-order valence-electron chi connectivity index (χ2n) is 5.67. The molecular formula is C17H24N2O. The zero-order valence-electron chi connectivity index (χ0n) is 12.6. The van der Waals surface area contributed by atoms with Crippen molar-refractivity contribution in [3.05, 3.63) is 53.2 Å². The maximum Gasteiger partial charge on any atom is 0.181 e. The number of nitrogens with zero attached hydrogens (tertiary/aromatic N) is 1. The lowest BCUT2D eigenvalue weighted by Gasteiger charge is -2.07. The summed E-state index contributed by atoms with van der Waals surface area (Å²) in [6.45, 7) is 8.35. The van der Waals surface area contributed by atoms with E-state index in [2.05, 4.69) is 55.3 Å². The highest BCUT2D eigenvalue weighted by Gasteiger charge is 2.09. The maximum absolute atomic E-state index is 5.53. The molecule has 0 unspecified atom stereocenters. The molecule has 0 radical (unpaired) electrons. The van der Waals surface area contributed by atoms with Crippen LogP contribution in [0.15, 0.2) is 35.1 Å². The van der Waals surface area contributed by atoms with Crippen molar-refractivity contribution in [1.29, 1.82) is 0 Å². The Labute approximate surface area is 121 Å². The van der Waals surface area contributed by atoms with Crippen molar-refractivity contribution < 1.29 is 4.42 Å². The molecule has 1 N–H and O–H groups in total. The SMILES string of the molecule is Cc1ccccc1CCc1ocnc1CNCC(C)C. The first-order valence-corrected chi connectivity index (χ1v) is 7.33. The Bertz CT molecular complexity index is 531. The molecule has 3 heteroatoms. The minimum atomic E-state index is 0.650. The first-order chi connectivity index (χ1) is 9.66. The third kappa shape index (κ3) is 4.20. The van der Waals surface area contributed by atoms with E-state index in [-0.39, 0.29) is 0 Å². The van der Waals surface area contributed by atoms with Crippen molar-refractivity contribution in [2.75, 3.05) is 6.54 Å². The largest absolute Gasteiger partial charge is 0.448 e. The molecule has 1 heterocycles. The van der Waals surface area contributed by atoms with Crippen molar-refractivity contribution in [2.45, 2.75) is 40.2 Å². The lowest BCUT2D eigenvalue weighted by molar-refractivity contribution is 0.493. The maximum atomic E-state index is 5.53. The van der Waals surface area contributed by atoms with Gasteiger partial charge in [-0.25, -0.2) is 4.98 Å². The van der Waals surface area contributed by atoms with Gasteiger partial charge in [0, 0.05) is 13.0 Å². The van der Waals surface area contributed by atoms with Crippen LogP contribution in [0.25, 0.3) is 0 Å². The standard InChI is InChI=1S/C17H24N2O/c1-13(2)10-18-11-16-17(20-12-19-16)9-8-15-7-5-4-6-14(15)3/h4-7,12-13,18H,8-11H2,1-3H3. The molecule has 0 saturated heterocycles. The van der Waals surface area contributed by atoms with Crippen molar-refractivity contribution in [1.82, 2.24) is 10.3 Å². The second kappa shape index (κ2) is 7.25. The molecule has 0 bridgehead atoms. The van der Waals surface area contributed by atoms with Gasteiger partial charge >= 0.3 is 0 Å². The predicted molar refractivity (Wildman–Crippen MR) is 81.6 cm³/mol. The molecule has 3 nitrogen and oxygen atoms in total. The zero-order valence-corrected chi connectivity index (χ0v) is 12.6. The van der Waals surface area contributed by atoms with E-state index in [0.717, 1.165) is 37.4 Å². The lowest BCUT2D eigenvalue weighted by atomic mass is 10.0. The van der Waals surface area contributed by atoms with E-state index in [9.17, 15) is 0 Å². The van der Waals surface area contributed by atoms with Gasteiger partial charge in [0.15, 0.2) is 6.39 Å². The van der Waals surface area contributed by atoms with Gasteiger partial charge in [-0.15, -0.1) is 0 Å². The molecule has 0 fully saturated rings. The van der Waals surface area contributed by atoms with Gasteiger partial charge in [0.05, 0.1) is 5.69 Å². The molecule has 1 aromatic carbocycles. The molecule has 0 atom stereocenters. The number of benzene rings is 1. The number of aryl methyl sites for hydroxylation is 3. The van der Waals surface area contributed by atoms with Crippen LogP contribution in [-0.2, 0) is 19.4 Å². The van der Waals surface area contributed by atoms with E-state index < -0.39 is 0 Å². The summed E-state index contributed by atoms with van der Waals surface area (Å²) >= 11 is 0. The molecule has 1 aromatic heterocycles. The average molecular weight is 272 g/mol. The van der Waals surface area contributed by atoms with E-state index in [1.807, 2.05) is 0 Å². The van der Waals surface area contributed by atoms with Crippen molar-refractivity contribution >= 4 is 0 Å². The van der Waals surface area contributed by atoms with E-state index in [4.69, 9.17) is 4.42 Å². The quantitative estimate of drug-likeness (QED) is 0.838. The number of oxazole rings is 1. The van der Waals surface area contributed by atoms with Crippen LogP contribution in [0.2, 0.25) is 0 Å². The van der Waals surface area contributed by atoms with E-state index in [1.54, 1.807) is 6.39 Å². The molecule has 108 valence electrons. The number of hydrogen-bond donors (Lipinski definition) is 1. The fraction of sp³-hybridized carbons (Fsp3) is 0.471. The molecule has 0 saturated carbocycles. The lowest BCUT2D eigenvalue weighted by Crippen LogP contribution is -2.19. The first kappa shape index (κ1) is 14.8. The van der Waals surface area contributed by atoms with Gasteiger partial charge in [-0.1, -0.05) is 38.1 Å². The molecule has 0 aliphatic rings. The monoisotopic (exact) mass is 272 g/mol. The highest BCUT2D eigenvalue weighted by Crippen LogP contribution is 2.14. The summed E-state index contributed by atoms with van der Waals surface area (Å²) in [7, 11) is 0. The Hall–Kier alpha value is -1.61. The Balaban J connectivity index is 1.90. The highest BCUT2D eigenvalue weighted by molar-refractivity contribution is 5.26. The predicted octanol–water partition coefficient (Wildman–Crippen LogP) is 3.51. The van der Waals surface area contributed by atoms with Crippen LogP contribution in [0, 0.1) is 12.8 Å². The van der Waals surface area contributed by atoms with Gasteiger partial charge in [0.2, 0.25) is 0 Å². The van der Waals surface area contributed by atoms with Crippen LogP contribution in [0.1, 0.15) is 36.4 Å². The molecule has 0 aliphatic carbocycles. The Kier molecular flexibility index (Phi) is 5.36. The van der Waals surface area contributed by atoms with Gasteiger partial charge < -0.3 is 9.73 Å². The number of aromatic nitrogens is 1. The van der Waals surface area contributed by atoms with E-state index in [1.165, 1.54) is 11.1 Å². The summed E-state index contributed by atoms with van der Waals surface area (Å²) in [6.07, 6.45) is 3.46. The van der Waals surface area contributed by atoms with Crippen molar-refractivity contribution in [2.24, 2.45) is 5.92 Å². The molecule has 0 spiro atoms. The zero-order chi connectivity index (χ0) is 14.4. The van der Waals surface area contributed by atoms with Gasteiger partial charge in [0.25, 0.3) is 0 Å². The van der Waals surface area contributed by atoms with Crippen molar-refractivity contribution in [3.63, 3.8) is 0 Å². The summed E-state index contributed by atoms with van der Waals surface area (Å²) in [5.74, 6) is 1.65. The number of nitrogens with one attached hydrogen (secondary N) is 1. The normalized spacial score (nSPS) is 11.2. The van der Waals surface area contributed by atoms with Crippen LogP contribution in [-0.4, -0.2) is 11.5 Å². The summed E-state index contributed by atoms with van der Waals surface area (Å²) in [5, 5.41) is 3.41. The fourth-order valence-corrected chi connectivity index (χ4v) is 2.26. The Morgan fingerprint density at radius 1 is 1.20 bits per heavy atom. The first-order valence-electron chi connectivity index (χ1n) is 7.33. The third-order valence-corrected chi connectivity index (χ3v) is 3.45. The van der Waals surface area contributed by atoms with Gasteiger partial charge in [-0.05, 0) is 36.9 Å². The minimum Gasteiger partial charge on any atom is -0.448 e. The molecular weight excluding hydrogens is 248 g/mol. The van der Waals surface area contributed by atoms with Crippen LogP contribution in [0.5, 0.6) is 0 Å². The minimum absolute atomic E-state index is 0.650. The van der Waals surface area contributed by atoms with Crippen LogP contribution < -0.4 is 5.32 Å². The van der Waals surface area contributed by atoms with Crippen LogP contribution in [0.4, 0.5) is 0 Å². The van der Waals surface area contributed by atoms with E-state index >= 15 is 0 Å². The van der Waals surface area contributed by atoms with Crippen molar-refractivity contribution in [3.8, 4) is 0 Å². The van der Waals surface area contributed by atoms with E-state index in [0.29, 0.717) is 5.92 Å². The van der Waals surface area contributed by atoms with Gasteiger partial charge in [-0.2, -0.15) is 0 Å². The second-order valence-corrected chi connectivity index (χ2v) is 5.67. The van der Waals surface area contributed by atoms with Crippen LogP contribution in [0.3, 0.4) is 0 Å². The Morgan fingerprint density at radius 3 is 2.75 bits per heavy atom.